The SMILES string of the molecule is CCc1nc(NC(=O)N[C@@H](CC(N)=O)C(=O)O)sc1C. The molecule has 0 aliphatic rings. The summed E-state index contributed by atoms with van der Waals surface area (Å²) in [5.41, 5.74) is 5.79. The number of carbonyl (C=O) groups excluding carboxylic acids is 2. The molecule has 0 bridgehead atoms. The van der Waals surface area contributed by atoms with E-state index in [1.165, 1.54) is 11.3 Å². The first-order chi connectivity index (χ1) is 9.33. The molecule has 3 amide bonds. The van der Waals surface area contributed by atoms with Gasteiger partial charge in [0.05, 0.1) is 12.1 Å². The maximum absolute atomic E-state index is 11.6. The number of aliphatic carboxylic acids is 1. The minimum absolute atomic E-state index is 0.375. The highest BCUT2D eigenvalue weighted by molar-refractivity contribution is 7.15. The molecule has 9 heteroatoms. The molecule has 0 aromatic carbocycles. The van der Waals surface area contributed by atoms with E-state index in [1.807, 2.05) is 13.8 Å². The molecule has 0 saturated carbocycles. The van der Waals surface area contributed by atoms with E-state index in [0.717, 1.165) is 17.0 Å². The van der Waals surface area contributed by atoms with Crippen molar-refractivity contribution in [1.29, 1.82) is 0 Å². The quantitative estimate of drug-likeness (QED) is 0.605. The lowest BCUT2D eigenvalue weighted by Gasteiger charge is -2.12. The van der Waals surface area contributed by atoms with Crippen LogP contribution >= 0.6 is 11.3 Å². The number of carboxylic acids is 1. The Morgan fingerprint density at radius 1 is 1.45 bits per heavy atom. The zero-order valence-electron chi connectivity index (χ0n) is 11.1. The molecule has 1 aromatic heterocycles. The first kappa shape index (κ1) is 15.9. The number of primary amides is 1. The number of nitrogens with two attached hydrogens (primary N) is 1. The topological polar surface area (TPSA) is 134 Å². The van der Waals surface area contributed by atoms with E-state index in [2.05, 4.69) is 15.6 Å². The molecular weight excluding hydrogens is 284 g/mol. The molecule has 1 aromatic rings. The number of anilines is 1. The number of urea groups is 1. The summed E-state index contributed by atoms with van der Waals surface area (Å²) >= 11 is 1.29. The van der Waals surface area contributed by atoms with E-state index in [-0.39, 0.29) is 0 Å². The van der Waals surface area contributed by atoms with Crippen LogP contribution in [0.25, 0.3) is 0 Å². The zero-order chi connectivity index (χ0) is 15.3. The molecule has 0 radical (unpaired) electrons. The minimum atomic E-state index is -1.36. The maximum Gasteiger partial charge on any atom is 0.326 e. The van der Waals surface area contributed by atoms with Gasteiger partial charge in [0.1, 0.15) is 6.04 Å². The smallest absolute Gasteiger partial charge is 0.326 e. The van der Waals surface area contributed by atoms with Crippen molar-refractivity contribution in [3.05, 3.63) is 10.6 Å². The maximum atomic E-state index is 11.6. The Bertz CT molecular complexity index is 528. The van der Waals surface area contributed by atoms with Gasteiger partial charge in [0.25, 0.3) is 0 Å². The summed E-state index contributed by atoms with van der Waals surface area (Å²) in [6.07, 6.45) is 0.269. The minimum Gasteiger partial charge on any atom is -0.480 e. The lowest BCUT2D eigenvalue weighted by molar-refractivity contribution is -0.140. The molecular formula is C11H16N4O4S. The average Bonchev–Trinajstić information content (AvgIpc) is 2.67. The van der Waals surface area contributed by atoms with Gasteiger partial charge in [0.15, 0.2) is 5.13 Å². The number of hydrogen-bond acceptors (Lipinski definition) is 5. The highest BCUT2D eigenvalue weighted by atomic mass is 32.1. The lowest BCUT2D eigenvalue weighted by atomic mass is 10.2. The Morgan fingerprint density at radius 3 is 2.55 bits per heavy atom. The highest BCUT2D eigenvalue weighted by Gasteiger charge is 2.22. The summed E-state index contributed by atoms with van der Waals surface area (Å²) in [4.78, 5) is 38.4. The summed E-state index contributed by atoms with van der Waals surface area (Å²) in [7, 11) is 0. The Hall–Kier alpha value is -2.16. The van der Waals surface area contributed by atoms with Crippen LogP contribution in [0.15, 0.2) is 0 Å². The third-order valence-corrected chi connectivity index (χ3v) is 3.39. The van der Waals surface area contributed by atoms with E-state index in [0.29, 0.717) is 5.13 Å². The van der Waals surface area contributed by atoms with E-state index in [4.69, 9.17) is 10.8 Å². The number of aromatic nitrogens is 1. The van der Waals surface area contributed by atoms with Crippen LogP contribution in [0.1, 0.15) is 23.9 Å². The largest absolute Gasteiger partial charge is 0.480 e. The van der Waals surface area contributed by atoms with Crippen molar-refractivity contribution >= 4 is 34.4 Å². The summed E-state index contributed by atoms with van der Waals surface area (Å²) in [5, 5.41) is 13.8. The van der Waals surface area contributed by atoms with Crippen molar-refractivity contribution in [2.75, 3.05) is 5.32 Å². The zero-order valence-corrected chi connectivity index (χ0v) is 11.9. The number of carboxylic acid groups (broad SMARTS) is 1. The van der Waals surface area contributed by atoms with Gasteiger partial charge in [-0.3, -0.25) is 10.1 Å². The number of hydrogen-bond donors (Lipinski definition) is 4. The number of carbonyl (C=O) groups is 3. The predicted molar refractivity (Wildman–Crippen MR) is 73.6 cm³/mol. The molecule has 110 valence electrons. The van der Waals surface area contributed by atoms with Crippen molar-refractivity contribution in [3.63, 3.8) is 0 Å². The van der Waals surface area contributed by atoms with Crippen LogP contribution in [0.3, 0.4) is 0 Å². The van der Waals surface area contributed by atoms with Crippen molar-refractivity contribution < 1.29 is 19.5 Å². The third-order valence-electron chi connectivity index (χ3n) is 2.46. The molecule has 0 spiro atoms. The Morgan fingerprint density at radius 2 is 2.10 bits per heavy atom. The fourth-order valence-electron chi connectivity index (χ4n) is 1.50. The second-order valence-corrected chi connectivity index (χ2v) is 5.24. The van der Waals surface area contributed by atoms with Crippen LogP contribution in [-0.2, 0) is 16.0 Å². The first-order valence-electron chi connectivity index (χ1n) is 5.88. The van der Waals surface area contributed by atoms with E-state index >= 15 is 0 Å². The van der Waals surface area contributed by atoms with Crippen molar-refractivity contribution in [1.82, 2.24) is 10.3 Å². The Kier molecular flexibility index (Phi) is 5.44. The average molecular weight is 300 g/mol. The molecule has 1 rings (SSSR count). The van der Waals surface area contributed by atoms with Crippen LogP contribution in [0.5, 0.6) is 0 Å². The molecule has 5 N–H and O–H groups in total. The number of nitrogens with one attached hydrogen (secondary N) is 2. The number of thiazole rings is 1. The van der Waals surface area contributed by atoms with Gasteiger partial charge in [0.2, 0.25) is 5.91 Å². The fourth-order valence-corrected chi connectivity index (χ4v) is 2.40. The fraction of sp³-hybridized carbons (Fsp3) is 0.455. The van der Waals surface area contributed by atoms with Crippen LogP contribution in [-0.4, -0.2) is 34.0 Å². The molecule has 1 atom stereocenters. The Balaban J connectivity index is 2.65. The molecule has 1 heterocycles. The van der Waals surface area contributed by atoms with Crippen molar-refractivity contribution in [2.45, 2.75) is 32.7 Å². The Labute approximate surface area is 119 Å². The normalized spacial score (nSPS) is 11.7. The monoisotopic (exact) mass is 300 g/mol. The summed E-state index contributed by atoms with van der Waals surface area (Å²) in [6.45, 7) is 3.83. The lowest BCUT2D eigenvalue weighted by Crippen LogP contribution is -2.45. The molecule has 0 saturated heterocycles. The third kappa shape index (κ3) is 4.50. The van der Waals surface area contributed by atoms with Crippen LogP contribution in [0.2, 0.25) is 0 Å². The van der Waals surface area contributed by atoms with E-state index < -0.39 is 30.4 Å². The van der Waals surface area contributed by atoms with Crippen molar-refractivity contribution in [2.24, 2.45) is 5.73 Å². The number of nitrogens with zero attached hydrogens (tertiary/aromatic N) is 1. The van der Waals surface area contributed by atoms with Crippen LogP contribution in [0.4, 0.5) is 9.93 Å². The van der Waals surface area contributed by atoms with Crippen LogP contribution in [0, 0.1) is 6.92 Å². The second-order valence-electron chi connectivity index (χ2n) is 4.04. The first-order valence-corrected chi connectivity index (χ1v) is 6.70. The summed E-state index contributed by atoms with van der Waals surface area (Å²) in [6, 6.07) is -2.10. The van der Waals surface area contributed by atoms with Gasteiger partial charge in [0, 0.05) is 4.88 Å². The molecule has 0 unspecified atom stereocenters. The molecule has 8 nitrogen and oxygen atoms in total. The van der Waals surface area contributed by atoms with Gasteiger partial charge in [-0.05, 0) is 13.3 Å². The van der Waals surface area contributed by atoms with Crippen molar-refractivity contribution in [3.8, 4) is 0 Å². The number of aryl methyl sites for hydroxylation is 2. The van der Waals surface area contributed by atoms with Gasteiger partial charge in [-0.25, -0.2) is 14.6 Å². The molecule has 0 aliphatic carbocycles. The van der Waals surface area contributed by atoms with Gasteiger partial charge >= 0.3 is 12.0 Å². The van der Waals surface area contributed by atoms with Gasteiger partial charge in [-0.1, -0.05) is 6.92 Å². The number of rotatable bonds is 6. The number of amides is 3. The van der Waals surface area contributed by atoms with E-state index in [9.17, 15) is 14.4 Å². The molecule has 0 fully saturated rings. The van der Waals surface area contributed by atoms with E-state index in [1.54, 1.807) is 0 Å². The second kappa shape index (κ2) is 6.85. The summed E-state index contributed by atoms with van der Waals surface area (Å²) in [5.74, 6) is -2.14. The van der Waals surface area contributed by atoms with Gasteiger partial charge in [-0.2, -0.15) is 0 Å². The molecule has 20 heavy (non-hydrogen) atoms. The summed E-state index contributed by atoms with van der Waals surface area (Å²) < 4.78 is 0. The highest BCUT2D eigenvalue weighted by Crippen LogP contribution is 2.22. The molecule has 0 aliphatic heterocycles. The predicted octanol–water partition coefficient (Wildman–Crippen LogP) is 0.464. The van der Waals surface area contributed by atoms with Crippen LogP contribution < -0.4 is 16.4 Å². The van der Waals surface area contributed by atoms with Gasteiger partial charge in [-0.15, -0.1) is 11.3 Å². The standard InChI is InChI=1S/C11H16N4O4S/c1-3-6-5(2)20-11(14-6)15-10(19)13-7(9(17)18)4-8(12)16/h7H,3-4H2,1-2H3,(H2,12,16)(H,17,18)(H2,13,14,15,19)/t7-/m0/s1. The van der Waals surface area contributed by atoms with Gasteiger partial charge < -0.3 is 16.2 Å².